The molecular formula is C19H23N3O2S. The zero-order valence-electron chi connectivity index (χ0n) is 14.4. The quantitative estimate of drug-likeness (QED) is 0.916. The van der Waals surface area contributed by atoms with Crippen molar-refractivity contribution >= 4 is 20.9 Å². The number of rotatable bonds is 3. The average Bonchev–Trinajstić information content (AvgIpc) is 3.07. The third-order valence-electron chi connectivity index (χ3n) is 5.20. The molecule has 0 spiro atoms. The molecule has 2 heterocycles. The maximum atomic E-state index is 13.5. The monoisotopic (exact) mass is 357 g/mol. The highest BCUT2D eigenvalue weighted by Crippen LogP contribution is 2.35. The Balaban J connectivity index is 1.70. The fourth-order valence-corrected chi connectivity index (χ4v) is 5.35. The second kappa shape index (κ2) is 6.04. The standard InChI is InChI=1S/C19H23N3O2S/c1-19(9-4-6-17(15-19)21-13-10-20-11-14-21)25(23,24)22-12-8-16-5-2-3-7-18(16)22/h2-9,12,20H,10-11,13-15H2,1H3. The predicted molar refractivity (Wildman–Crippen MR) is 101 cm³/mol. The van der Waals surface area contributed by atoms with Gasteiger partial charge in [0.25, 0.3) is 0 Å². The zero-order chi connectivity index (χ0) is 17.5. The zero-order valence-corrected chi connectivity index (χ0v) is 15.2. The molecule has 2 aromatic rings. The van der Waals surface area contributed by atoms with Crippen LogP contribution in [-0.2, 0) is 10.0 Å². The highest BCUT2D eigenvalue weighted by molar-refractivity contribution is 7.91. The van der Waals surface area contributed by atoms with Crippen LogP contribution in [0.4, 0.5) is 0 Å². The van der Waals surface area contributed by atoms with Gasteiger partial charge >= 0.3 is 0 Å². The van der Waals surface area contributed by atoms with E-state index in [2.05, 4.69) is 16.3 Å². The van der Waals surface area contributed by atoms with Crippen LogP contribution in [0.3, 0.4) is 0 Å². The molecule has 1 fully saturated rings. The van der Waals surface area contributed by atoms with Gasteiger partial charge in [0.05, 0.1) is 5.52 Å². The lowest BCUT2D eigenvalue weighted by Crippen LogP contribution is -2.46. The third kappa shape index (κ3) is 2.69. The molecule has 6 heteroatoms. The lowest BCUT2D eigenvalue weighted by molar-refractivity contribution is 0.285. The minimum absolute atomic E-state index is 0.498. The second-order valence-corrected chi connectivity index (χ2v) is 9.20. The van der Waals surface area contributed by atoms with Gasteiger partial charge in [-0.15, -0.1) is 0 Å². The number of benzene rings is 1. The van der Waals surface area contributed by atoms with Gasteiger partial charge in [0.15, 0.2) is 0 Å². The number of fused-ring (bicyclic) bond motifs is 1. The Labute approximate surface area is 148 Å². The fraction of sp³-hybridized carbons (Fsp3) is 0.368. The molecule has 1 N–H and O–H groups in total. The molecule has 1 aliphatic carbocycles. The van der Waals surface area contributed by atoms with Crippen molar-refractivity contribution in [3.8, 4) is 0 Å². The van der Waals surface area contributed by atoms with Gasteiger partial charge in [-0.3, -0.25) is 0 Å². The van der Waals surface area contributed by atoms with Gasteiger partial charge in [0.2, 0.25) is 10.0 Å². The summed E-state index contributed by atoms with van der Waals surface area (Å²) in [5.74, 6) is 0. The number of piperazine rings is 1. The van der Waals surface area contributed by atoms with E-state index in [0.29, 0.717) is 6.42 Å². The van der Waals surface area contributed by atoms with E-state index in [9.17, 15) is 8.42 Å². The van der Waals surface area contributed by atoms with Crippen LogP contribution >= 0.6 is 0 Å². The van der Waals surface area contributed by atoms with Crippen LogP contribution in [0, 0.1) is 0 Å². The van der Waals surface area contributed by atoms with E-state index >= 15 is 0 Å². The van der Waals surface area contributed by atoms with Crippen molar-refractivity contribution in [2.24, 2.45) is 0 Å². The van der Waals surface area contributed by atoms with Gasteiger partial charge < -0.3 is 10.2 Å². The van der Waals surface area contributed by atoms with Gasteiger partial charge in [-0.05, 0) is 25.1 Å². The van der Waals surface area contributed by atoms with Crippen molar-refractivity contribution < 1.29 is 8.42 Å². The van der Waals surface area contributed by atoms with E-state index in [1.54, 1.807) is 6.20 Å². The maximum absolute atomic E-state index is 13.5. The van der Waals surface area contributed by atoms with Crippen LogP contribution in [0.5, 0.6) is 0 Å². The van der Waals surface area contributed by atoms with Gasteiger partial charge in [-0.1, -0.05) is 30.4 Å². The highest BCUT2D eigenvalue weighted by atomic mass is 32.2. The number of para-hydroxylation sites is 1. The Morgan fingerprint density at radius 3 is 2.68 bits per heavy atom. The van der Waals surface area contributed by atoms with E-state index in [0.717, 1.165) is 42.8 Å². The third-order valence-corrected chi connectivity index (χ3v) is 7.50. The van der Waals surface area contributed by atoms with Crippen molar-refractivity contribution in [2.75, 3.05) is 26.2 Å². The Hall–Kier alpha value is -2.05. The Bertz CT molecular complexity index is 952. The molecule has 132 valence electrons. The Morgan fingerprint density at radius 1 is 1.12 bits per heavy atom. The van der Waals surface area contributed by atoms with Gasteiger partial charge in [0, 0.05) is 49.9 Å². The SMILES string of the molecule is CC1(S(=O)(=O)n2ccc3ccccc32)C=CC=C(N2CCNCC2)C1. The van der Waals surface area contributed by atoms with E-state index in [1.807, 2.05) is 49.4 Å². The maximum Gasteiger partial charge on any atom is 0.248 e. The minimum Gasteiger partial charge on any atom is -0.372 e. The first kappa shape index (κ1) is 16.4. The largest absolute Gasteiger partial charge is 0.372 e. The lowest BCUT2D eigenvalue weighted by Gasteiger charge is -2.37. The molecule has 2 aliphatic rings. The van der Waals surface area contributed by atoms with E-state index in [4.69, 9.17) is 0 Å². The summed E-state index contributed by atoms with van der Waals surface area (Å²) in [5.41, 5.74) is 1.84. The summed E-state index contributed by atoms with van der Waals surface area (Å²) < 4.78 is 27.4. The highest BCUT2D eigenvalue weighted by Gasteiger charge is 2.41. The summed E-state index contributed by atoms with van der Waals surface area (Å²) in [6, 6.07) is 9.45. The van der Waals surface area contributed by atoms with Crippen molar-refractivity contribution in [1.82, 2.24) is 14.2 Å². The van der Waals surface area contributed by atoms with Gasteiger partial charge in [-0.25, -0.2) is 12.4 Å². The number of allylic oxidation sites excluding steroid dienone is 3. The lowest BCUT2D eigenvalue weighted by atomic mass is 9.98. The van der Waals surface area contributed by atoms with E-state index < -0.39 is 14.8 Å². The minimum atomic E-state index is -3.57. The van der Waals surface area contributed by atoms with Crippen molar-refractivity contribution in [2.45, 2.75) is 18.1 Å². The van der Waals surface area contributed by atoms with Crippen LogP contribution < -0.4 is 5.32 Å². The molecule has 1 aliphatic heterocycles. The molecule has 1 aromatic carbocycles. The topological polar surface area (TPSA) is 54.3 Å². The van der Waals surface area contributed by atoms with Gasteiger partial charge in [-0.2, -0.15) is 0 Å². The summed E-state index contributed by atoms with van der Waals surface area (Å²) in [6.07, 6.45) is 7.93. The summed E-state index contributed by atoms with van der Waals surface area (Å²) in [7, 11) is -3.57. The molecule has 1 saturated heterocycles. The molecule has 0 radical (unpaired) electrons. The van der Waals surface area contributed by atoms with Crippen molar-refractivity contribution in [3.63, 3.8) is 0 Å². The van der Waals surface area contributed by atoms with E-state index in [-0.39, 0.29) is 0 Å². The number of hydrogen-bond donors (Lipinski definition) is 1. The molecule has 4 rings (SSSR count). The number of hydrogen-bond acceptors (Lipinski definition) is 4. The van der Waals surface area contributed by atoms with Crippen molar-refractivity contribution in [1.29, 1.82) is 0 Å². The van der Waals surface area contributed by atoms with Crippen LogP contribution in [0.1, 0.15) is 13.3 Å². The molecule has 1 aromatic heterocycles. The average molecular weight is 357 g/mol. The number of nitrogens with one attached hydrogen (secondary N) is 1. The molecule has 5 nitrogen and oxygen atoms in total. The summed E-state index contributed by atoms with van der Waals surface area (Å²) in [6.45, 7) is 5.53. The summed E-state index contributed by atoms with van der Waals surface area (Å²) >= 11 is 0. The summed E-state index contributed by atoms with van der Waals surface area (Å²) in [5, 5.41) is 4.28. The Morgan fingerprint density at radius 2 is 1.88 bits per heavy atom. The molecule has 1 unspecified atom stereocenters. The first-order valence-corrected chi connectivity index (χ1v) is 10.1. The van der Waals surface area contributed by atoms with Crippen LogP contribution in [0.25, 0.3) is 10.9 Å². The molecular weight excluding hydrogens is 334 g/mol. The first-order valence-electron chi connectivity index (χ1n) is 8.67. The number of aromatic nitrogens is 1. The fourth-order valence-electron chi connectivity index (χ4n) is 3.68. The van der Waals surface area contributed by atoms with Crippen molar-refractivity contribution in [3.05, 3.63) is 60.5 Å². The molecule has 25 heavy (non-hydrogen) atoms. The van der Waals surface area contributed by atoms with Crippen LogP contribution in [-0.4, -0.2) is 48.2 Å². The predicted octanol–water partition coefficient (Wildman–Crippen LogP) is 2.33. The second-order valence-electron chi connectivity index (χ2n) is 6.92. The molecule has 0 bridgehead atoms. The first-order chi connectivity index (χ1) is 12.0. The smallest absolute Gasteiger partial charge is 0.248 e. The van der Waals surface area contributed by atoms with Crippen LogP contribution in [0.2, 0.25) is 0 Å². The van der Waals surface area contributed by atoms with Crippen LogP contribution in [0.15, 0.2) is 60.5 Å². The van der Waals surface area contributed by atoms with E-state index in [1.165, 1.54) is 3.97 Å². The number of nitrogens with zero attached hydrogens (tertiary/aromatic N) is 2. The molecule has 0 amide bonds. The molecule has 0 saturated carbocycles. The Kier molecular flexibility index (Phi) is 3.96. The molecule has 1 atom stereocenters. The normalized spacial score (nSPS) is 24.5. The summed E-state index contributed by atoms with van der Waals surface area (Å²) in [4.78, 5) is 2.29. The van der Waals surface area contributed by atoms with Gasteiger partial charge in [0.1, 0.15) is 4.75 Å².